The van der Waals surface area contributed by atoms with Crippen molar-refractivity contribution in [2.45, 2.75) is 32.1 Å². The zero-order valence-corrected chi connectivity index (χ0v) is 18.4. The van der Waals surface area contributed by atoms with Gasteiger partial charge in [0.25, 0.3) is 5.91 Å². The van der Waals surface area contributed by atoms with E-state index in [2.05, 4.69) is 10.6 Å². The van der Waals surface area contributed by atoms with Gasteiger partial charge in [0, 0.05) is 30.2 Å². The van der Waals surface area contributed by atoms with E-state index in [1.165, 1.54) is 23.3 Å². The van der Waals surface area contributed by atoms with Gasteiger partial charge in [0.1, 0.15) is 5.00 Å². The maximum Gasteiger partial charge on any atom is 0.341 e. The summed E-state index contributed by atoms with van der Waals surface area (Å²) in [6.07, 6.45) is 5.04. The molecule has 3 rings (SSSR count). The number of thiophene rings is 1. The van der Waals surface area contributed by atoms with Crippen molar-refractivity contribution in [3.8, 4) is 0 Å². The maximum atomic E-state index is 12.5. The minimum absolute atomic E-state index is 0.0458. The number of aryl methyl sites for hydroxylation is 1. The Bertz CT molecular complexity index is 935. The normalized spacial score (nSPS) is 13.0. The summed E-state index contributed by atoms with van der Waals surface area (Å²) in [5.74, 6) is -0.726. The van der Waals surface area contributed by atoms with Gasteiger partial charge in [-0.1, -0.05) is 6.42 Å². The number of methoxy groups -OCH3 is 1. The number of fused-ring (bicyclic) bond motifs is 1. The average molecular weight is 430 g/mol. The molecule has 2 aromatic rings. The molecule has 1 aliphatic rings. The molecule has 160 valence electrons. The Morgan fingerprint density at radius 1 is 1.07 bits per heavy atom. The molecule has 0 spiro atoms. The molecule has 2 amide bonds. The SMILES string of the molecule is COC(=O)c1c(NC(=O)CNc2ccc(C(=O)N(C)C)cc2)sc2c1CCCCC2. The minimum atomic E-state index is -0.404. The highest BCUT2D eigenvalue weighted by atomic mass is 32.1. The van der Waals surface area contributed by atoms with Crippen LogP contribution < -0.4 is 10.6 Å². The molecule has 0 bridgehead atoms. The molecule has 0 saturated carbocycles. The standard InChI is InChI=1S/C22H27N3O4S/c1-25(2)21(27)14-9-11-15(12-10-14)23-13-18(26)24-20-19(22(28)29-3)16-7-5-4-6-8-17(16)30-20/h9-12,23H,4-8,13H2,1-3H3,(H,24,26). The molecule has 1 aromatic carbocycles. The number of benzene rings is 1. The summed E-state index contributed by atoms with van der Waals surface area (Å²) in [4.78, 5) is 39.5. The molecule has 1 heterocycles. The number of hydrogen-bond donors (Lipinski definition) is 2. The summed E-state index contributed by atoms with van der Waals surface area (Å²) in [7, 11) is 4.76. The lowest BCUT2D eigenvalue weighted by Crippen LogP contribution is -2.23. The first-order chi connectivity index (χ1) is 14.4. The van der Waals surface area contributed by atoms with Crippen molar-refractivity contribution < 1.29 is 19.1 Å². The molecule has 0 saturated heterocycles. The molecule has 0 fully saturated rings. The number of nitrogens with zero attached hydrogens (tertiary/aromatic N) is 1. The summed E-state index contributed by atoms with van der Waals surface area (Å²) in [6, 6.07) is 6.96. The molecular weight excluding hydrogens is 402 g/mol. The van der Waals surface area contributed by atoms with Crippen molar-refractivity contribution in [3.63, 3.8) is 0 Å². The van der Waals surface area contributed by atoms with Crippen LogP contribution in [0.5, 0.6) is 0 Å². The number of rotatable bonds is 6. The van der Waals surface area contributed by atoms with Gasteiger partial charge in [-0.05, 0) is 55.5 Å². The van der Waals surface area contributed by atoms with Gasteiger partial charge in [-0.2, -0.15) is 0 Å². The number of carbonyl (C=O) groups is 3. The Morgan fingerprint density at radius 2 is 1.77 bits per heavy atom. The van der Waals surface area contributed by atoms with Gasteiger partial charge in [0.2, 0.25) is 5.91 Å². The monoisotopic (exact) mass is 429 g/mol. The Hall–Kier alpha value is -2.87. The van der Waals surface area contributed by atoms with Gasteiger partial charge in [-0.15, -0.1) is 11.3 Å². The van der Waals surface area contributed by atoms with Crippen LogP contribution in [-0.2, 0) is 22.4 Å². The lowest BCUT2D eigenvalue weighted by atomic mass is 10.1. The van der Waals surface area contributed by atoms with Crippen LogP contribution in [0.1, 0.15) is 50.4 Å². The van der Waals surface area contributed by atoms with E-state index in [9.17, 15) is 14.4 Å². The second kappa shape index (κ2) is 9.75. The number of anilines is 2. The molecule has 1 aliphatic carbocycles. The third-order valence-electron chi connectivity index (χ3n) is 5.05. The number of nitrogens with one attached hydrogen (secondary N) is 2. The van der Waals surface area contributed by atoms with Crippen molar-refractivity contribution in [1.29, 1.82) is 0 Å². The third kappa shape index (κ3) is 4.99. The van der Waals surface area contributed by atoms with Crippen molar-refractivity contribution in [3.05, 3.63) is 45.8 Å². The molecule has 2 N–H and O–H groups in total. The highest BCUT2D eigenvalue weighted by Gasteiger charge is 2.26. The van der Waals surface area contributed by atoms with E-state index < -0.39 is 5.97 Å². The first kappa shape index (κ1) is 21.8. The van der Waals surface area contributed by atoms with Crippen LogP contribution in [0.4, 0.5) is 10.7 Å². The lowest BCUT2D eigenvalue weighted by Gasteiger charge is -2.11. The molecule has 0 radical (unpaired) electrons. The molecule has 1 aromatic heterocycles. The van der Waals surface area contributed by atoms with Gasteiger partial charge < -0.3 is 20.3 Å². The van der Waals surface area contributed by atoms with Crippen molar-refractivity contribution in [2.24, 2.45) is 0 Å². The maximum absolute atomic E-state index is 12.5. The number of ether oxygens (including phenoxy) is 1. The Morgan fingerprint density at radius 3 is 2.43 bits per heavy atom. The van der Waals surface area contributed by atoms with Crippen molar-refractivity contribution in [2.75, 3.05) is 38.4 Å². The average Bonchev–Trinajstić information content (AvgIpc) is 2.91. The predicted molar refractivity (Wildman–Crippen MR) is 118 cm³/mol. The highest BCUT2D eigenvalue weighted by Crippen LogP contribution is 2.37. The summed E-state index contributed by atoms with van der Waals surface area (Å²) in [5.41, 5.74) is 2.83. The van der Waals surface area contributed by atoms with E-state index in [1.54, 1.807) is 38.4 Å². The molecule has 8 heteroatoms. The number of esters is 1. The second-order valence-electron chi connectivity index (χ2n) is 7.44. The zero-order chi connectivity index (χ0) is 21.7. The first-order valence-corrected chi connectivity index (χ1v) is 10.8. The van der Waals surface area contributed by atoms with Crippen LogP contribution >= 0.6 is 11.3 Å². The van der Waals surface area contributed by atoms with Crippen LogP contribution in [0, 0.1) is 0 Å². The van der Waals surface area contributed by atoms with Gasteiger partial charge >= 0.3 is 5.97 Å². The number of carbonyl (C=O) groups excluding carboxylic acids is 3. The van der Waals surface area contributed by atoms with E-state index in [1.807, 2.05) is 0 Å². The summed E-state index contributed by atoms with van der Waals surface area (Å²) in [6.45, 7) is 0.0458. The fourth-order valence-electron chi connectivity index (χ4n) is 3.49. The van der Waals surface area contributed by atoms with E-state index in [4.69, 9.17) is 4.74 Å². The first-order valence-electron chi connectivity index (χ1n) is 9.99. The quantitative estimate of drug-likeness (QED) is 0.542. The van der Waals surface area contributed by atoms with Crippen LogP contribution in [0.25, 0.3) is 0 Å². The lowest BCUT2D eigenvalue weighted by molar-refractivity contribution is -0.114. The van der Waals surface area contributed by atoms with E-state index >= 15 is 0 Å². The molecule has 7 nitrogen and oxygen atoms in total. The smallest absolute Gasteiger partial charge is 0.341 e. The van der Waals surface area contributed by atoms with E-state index in [0.29, 0.717) is 16.1 Å². The van der Waals surface area contributed by atoms with Gasteiger partial charge in [0.05, 0.1) is 19.2 Å². The summed E-state index contributed by atoms with van der Waals surface area (Å²) < 4.78 is 4.97. The zero-order valence-electron chi connectivity index (χ0n) is 17.5. The summed E-state index contributed by atoms with van der Waals surface area (Å²) >= 11 is 1.47. The predicted octanol–water partition coefficient (Wildman–Crippen LogP) is 3.56. The van der Waals surface area contributed by atoms with Gasteiger partial charge in [0.15, 0.2) is 0 Å². The van der Waals surface area contributed by atoms with Crippen LogP contribution in [0.2, 0.25) is 0 Å². The molecule has 30 heavy (non-hydrogen) atoms. The van der Waals surface area contributed by atoms with Gasteiger partial charge in [-0.3, -0.25) is 9.59 Å². The Kier molecular flexibility index (Phi) is 7.10. The minimum Gasteiger partial charge on any atom is -0.465 e. The fraction of sp³-hybridized carbons (Fsp3) is 0.409. The molecule has 0 unspecified atom stereocenters. The van der Waals surface area contributed by atoms with E-state index in [-0.39, 0.29) is 18.4 Å². The van der Waals surface area contributed by atoms with Crippen molar-refractivity contribution in [1.82, 2.24) is 4.90 Å². The van der Waals surface area contributed by atoms with Crippen LogP contribution in [0.3, 0.4) is 0 Å². The van der Waals surface area contributed by atoms with Crippen molar-refractivity contribution >= 4 is 39.8 Å². The third-order valence-corrected chi connectivity index (χ3v) is 6.26. The second-order valence-corrected chi connectivity index (χ2v) is 8.54. The van der Waals surface area contributed by atoms with Crippen LogP contribution in [0.15, 0.2) is 24.3 Å². The van der Waals surface area contributed by atoms with Gasteiger partial charge in [-0.25, -0.2) is 4.79 Å². The number of hydrogen-bond acceptors (Lipinski definition) is 6. The Balaban J connectivity index is 1.66. The fourth-order valence-corrected chi connectivity index (χ4v) is 4.78. The topological polar surface area (TPSA) is 87.7 Å². The molecule has 0 aliphatic heterocycles. The summed E-state index contributed by atoms with van der Waals surface area (Å²) in [5, 5.41) is 6.48. The van der Waals surface area contributed by atoms with E-state index in [0.717, 1.165) is 48.2 Å². The van der Waals surface area contributed by atoms with Crippen LogP contribution in [-0.4, -0.2) is 50.4 Å². The Labute approximate surface area is 180 Å². The molecular formula is C22H27N3O4S. The number of amides is 2. The largest absolute Gasteiger partial charge is 0.465 e. The molecule has 0 atom stereocenters. The highest BCUT2D eigenvalue weighted by molar-refractivity contribution is 7.17.